The van der Waals surface area contributed by atoms with Gasteiger partial charge in [0.15, 0.2) is 0 Å². The Balaban J connectivity index is 1.50. The number of H-pyrrole nitrogens is 1. The summed E-state index contributed by atoms with van der Waals surface area (Å²) in [5.41, 5.74) is 4.58. The average Bonchev–Trinajstić information content (AvgIpc) is 3.39. The molecule has 0 radical (unpaired) electrons. The summed E-state index contributed by atoms with van der Waals surface area (Å²) in [7, 11) is 0. The molecule has 172 valence electrons. The van der Waals surface area contributed by atoms with Gasteiger partial charge in [-0.15, -0.1) is 10.2 Å². The van der Waals surface area contributed by atoms with Gasteiger partial charge in [0, 0.05) is 17.2 Å². The van der Waals surface area contributed by atoms with Crippen molar-refractivity contribution in [2.24, 2.45) is 5.92 Å². The van der Waals surface area contributed by atoms with Crippen LogP contribution in [0.15, 0.2) is 72.8 Å². The predicted molar refractivity (Wildman–Crippen MR) is 129 cm³/mol. The molecule has 0 bridgehead atoms. The number of hydrogen-bond donors (Lipinski definition) is 3. The number of aromatic carboxylic acids is 1. The topological polar surface area (TPSA) is 121 Å². The number of nitrogens with zero attached hydrogens (tertiary/aromatic N) is 3. The van der Waals surface area contributed by atoms with Crippen LogP contribution in [0.5, 0.6) is 0 Å². The fourth-order valence-electron chi connectivity index (χ4n) is 3.96. The molecule has 4 aromatic rings. The van der Waals surface area contributed by atoms with Gasteiger partial charge in [-0.2, -0.15) is 5.21 Å². The van der Waals surface area contributed by atoms with Gasteiger partial charge in [0.05, 0.1) is 5.56 Å². The van der Waals surface area contributed by atoms with Crippen LogP contribution in [0, 0.1) is 5.92 Å². The number of tetrazole rings is 1. The molecular weight excluding hydrogens is 430 g/mol. The maximum atomic E-state index is 13.0. The smallest absolute Gasteiger partial charge is 0.335 e. The second-order valence-electron chi connectivity index (χ2n) is 8.04. The van der Waals surface area contributed by atoms with Gasteiger partial charge >= 0.3 is 5.97 Å². The van der Waals surface area contributed by atoms with Crippen molar-refractivity contribution in [2.75, 3.05) is 5.32 Å². The van der Waals surface area contributed by atoms with E-state index in [9.17, 15) is 14.7 Å². The maximum absolute atomic E-state index is 13.0. The lowest BCUT2D eigenvalue weighted by atomic mass is 9.92. The molecule has 1 atom stereocenters. The highest BCUT2D eigenvalue weighted by Crippen LogP contribution is 2.30. The molecule has 1 heterocycles. The number of aromatic amines is 1. The standard InChI is InChI=1S/C26H25N5O3/c1-2-6-19(25(32)27-21-8-5-7-20(16-21)26(33)34)15-17-11-13-18(14-12-17)22-9-3-4-10-23(22)24-28-30-31-29-24/h3-5,7-14,16,19H,2,6,15H2,1H3,(H,27,32)(H,33,34)(H,28,29,30,31). The number of carboxylic acids is 1. The third kappa shape index (κ3) is 5.35. The second kappa shape index (κ2) is 10.5. The van der Waals surface area contributed by atoms with E-state index < -0.39 is 5.97 Å². The minimum Gasteiger partial charge on any atom is -0.478 e. The summed E-state index contributed by atoms with van der Waals surface area (Å²) in [6, 6.07) is 22.3. The lowest BCUT2D eigenvalue weighted by molar-refractivity contribution is -0.120. The Morgan fingerprint density at radius 2 is 1.76 bits per heavy atom. The first-order chi connectivity index (χ1) is 16.5. The van der Waals surface area contributed by atoms with E-state index in [0.717, 1.165) is 35.1 Å². The van der Waals surface area contributed by atoms with Gasteiger partial charge in [0.2, 0.25) is 11.7 Å². The first kappa shape index (κ1) is 22.8. The molecule has 1 aromatic heterocycles. The SMILES string of the molecule is CCCC(Cc1ccc(-c2ccccc2-c2nn[nH]n2)cc1)C(=O)Nc1cccc(C(=O)O)c1. The van der Waals surface area contributed by atoms with Crippen LogP contribution in [0.4, 0.5) is 5.69 Å². The first-order valence-electron chi connectivity index (χ1n) is 11.1. The van der Waals surface area contributed by atoms with Crippen LogP contribution in [0.2, 0.25) is 0 Å². The zero-order valence-electron chi connectivity index (χ0n) is 18.7. The minimum atomic E-state index is -1.03. The monoisotopic (exact) mass is 455 g/mol. The van der Waals surface area contributed by atoms with Gasteiger partial charge in [-0.3, -0.25) is 4.79 Å². The van der Waals surface area contributed by atoms with Crippen molar-refractivity contribution in [3.8, 4) is 22.5 Å². The average molecular weight is 456 g/mol. The van der Waals surface area contributed by atoms with E-state index in [-0.39, 0.29) is 17.4 Å². The van der Waals surface area contributed by atoms with Gasteiger partial charge < -0.3 is 10.4 Å². The van der Waals surface area contributed by atoms with Crippen LogP contribution in [-0.4, -0.2) is 37.6 Å². The third-order valence-electron chi connectivity index (χ3n) is 5.65. The molecule has 8 nitrogen and oxygen atoms in total. The molecule has 34 heavy (non-hydrogen) atoms. The van der Waals surface area contributed by atoms with Crippen LogP contribution >= 0.6 is 0 Å². The summed E-state index contributed by atoms with van der Waals surface area (Å²) in [4.78, 5) is 24.2. The van der Waals surface area contributed by atoms with Gasteiger partial charge in [-0.1, -0.05) is 67.9 Å². The zero-order valence-corrected chi connectivity index (χ0v) is 18.7. The number of benzene rings is 3. The molecule has 0 aliphatic heterocycles. The highest BCUT2D eigenvalue weighted by molar-refractivity contribution is 5.95. The Hall–Kier alpha value is -4.33. The van der Waals surface area contributed by atoms with E-state index in [1.807, 2.05) is 55.5 Å². The maximum Gasteiger partial charge on any atom is 0.335 e. The number of carboxylic acid groups (broad SMARTS) is 1. The number of nitrogens with one attached hydrogen (secondary N) is 2. The third-order valence-corrected chi connectivity index (χ3v) is 5.65. The van der Waals surface area contributed by atoms with E-state index in [4.69, 9.17) is 0 Å². The fourth-order valence-corrected chi connectivity index (χ4v) is 3.96. The minimum absolute atomic E-state index is 0.115. The number of carbonyl (C=O) groups excluding carboxylic acids is 1. The molecule has 0 aliphatic carbocycles. The summed E-state index contributed by atoms with van der Waals surface area (Å²) in [6.45, 7) is 2.04. The van der Waals surface area contributed by atoms with Crippen molar-refractivity contribution in [3.63, 3.8) is 0 Å². The van der Waals surface area contributed by atoms with Crippen molar-refractivity contribution in [3.05, 3.63) is 83.9 Å². The first-order valence-corrected chi connectivity index (χ1v) is 11.1. The van der Waals surface area contributed by atoms with Crippen molar-refractivity contribution in [1.82, 2.24) is 20.6 Å². The Morgan fingerprint density at radius 1 is 1.00 bits per heavy atom. The lowest BCUT2D eigenvalue weighted by Gasteiger charge is -2.17. The van der Waals surface area contributed by atoms with Crippen molar-refractivity contribution in [1.29, 1.82) is 0 Å². The van der Waals surface area contributed by atoms with E-state index in [1.165, 1.54) is 12.1 Å². The van der Waals surface area contributed by atoms with Crippen molar-refractivity contribution < 1.29 is 14.7 Å². The second-order valence-corrected chi connectivity index (χ2v) is 8.04. The lowest BCUT2D eigenvalue weighted by Crippen LogP contribution is -2.24. The number of hydrogen-bond acceptors (Lipinski definition) is 5. The van der Waals surface area contributed by atoms with E-state index in [2.05, 4.69) is 25.9 Å². The number of rotatable bonds is 9. The summed E-state index contributed by atoms with van der Waals surface area (Å²) in [5, 5.41) is 26.4. The summed E-state index contributed by atoms with van der Waals surface area (Å²) in [5.74, 6) is -0.833. The van der Waals surface area contributed by atoms with E-state index in [0.29, 0.717) is 17.9 Å². The number of aromatic nitrogens is 4. The van der Waals surface area contributed by atoms with Gasteiger partial charge in [-0.25, -0.2) is 4.79 Å². The van der Waals surface area contributed by atoms with Crippen LogP contribution in [0.25, 0.3) is 22.5 Å². The number of amides is 1. The predicted octanol–water partition coefficient (Wildman–Crippen LogP) is 4.83. The van der Waals surface area contributed by atoms with Crippen molar-refractivity contribution >= 4 is 17.6 Å². The van der Waals surface area contributed by atoms with Gasteiger partial charge in [-0.05, 0) is 52.9 Å². The molecule has 0 saturated carbocycles. The molecule has 1 amide bonds. The van der Waals surface area contributed by atoms with Crippen LogP contribution < -0.4 is 5.32 Å². The Kier molecular flexibility index (Phi) is 7.07. The Labute approximate surface area is 197 Å². The van der Waals surface area contributed by atoms with Crippen LogP contribution in [0.1, 0.15) is 35.7 Å². The number of carbonyl (C=O) groups is 2. The van der Waals surface area contributed by atoms with Crippen LogP contribution in [-0.2, 0) is 11.2 Å². The molecule has 0 spiro atoms. The number of anilines is 1. The van der Waals surface area contributed by atoms with Crippen LogP contribution in [0.3, 0.4) is 0 Å². The molecule has 3 aromatic carbocycles. The Bertz CT molecular complexity index is 1270. The largest absolute Gasteiger partial charge is 0.478 e. The van der Waals surface area contributed by atoms with E-state index in [1.54, 1.807) is 12.1 Å². The van der Waals surface area contributed by atoms with Crippen molar-refractivity contribution in [2.45, 2.75) is 26.2 Å². The highest BCUT2D eigenvalue weighted by Gasteiger charge is 2.19. The molecule has 8 heteroatoms. The molecule has 1 unspecified atom stereocenters. The van der Waals surface area contributed by atoms with E-state index >= 15 is 0 Å². The molecule has 4 rings (SSSR count). The zero-order chi connectivity index (χ0) is 23.9. The molecule has 3 N–H and O–H groups in total. The Morgan fingerprint density at radius 3 is 2.44 bits per heavy atom. The molecular formula is C26H25N5O3. The molecule has 0 aliphatic rings. The fraction of sp³-hybridized carbons (Fsp3) is 0.192. The molecule has 0 fully saturated rings. The summed E-state index contributed by atoms with van der Waals surface area (Å²) < 4.78 is 0. The summed E-state index contributed by atoms with van der Waals surface area (Å²) in [6.07, 6.45) is 2.18. The quantitative estimate of drug-likeness (QED) is 0.332. The van der Waals surface area contributed by atoms with Gasteiger partial charge in [0.1, 0.15) is 0 Å². The highest BCUT2D eigenvalue weighted by atomic mass is 16.4. The van der Waals surface area contributed by atoms with Gasteiger partial charge in [0.25, 0.3) is 0 Å². The molecule has 0 saturated heterocycles. The summed E-state index contributed by atoms with van der Waals surface area (Å²) >= 11 is 0. The normalized spacial score (nSPS) is 11.7.